The molecule has 0 aliphatic rings. The molecule has 0 spiro atoms. The van der Waals surface area contributed by atoms with Gasteiger partial charge in [0.05, 0.1) is 41.4 Å². The highest BCUT2D eigenvalue weighted by Crippen LogP contribution is 2.28. The van der Waals surface area contributed by atoms with E-state index in [0.29, 0.717) is 23.1 Å². The summed E-state index contributed by atoms with van der Waals surface area (Å²) in [6.45, 7) is 11.4. The Bertz CT molecular complexity index is 1630. The smallest absolute Gasteiger partial charge is 0.246 e. The first-order valence-electron chi connectivity index (χ1n) is 13.5. The van der Waals surface area contributed by atoms with Gasteiger partial charge >= 0.3 is 0 Å². The van der Waals surface area contributed by atoms with Crippen LogP contribution in [-0.4, -0.2) is 57.4 Å². The van der Waals surface area contributed by atoms with Crippen LogP contribution in [0.3, 0.4) is 0 Å². The third-order valence-corrected chi connectivity index (χ3v) is 7.50. The Hall–Kier alpha value is -4.23. The molecule has 0 saturated carbocycles. The summed E-state index contributed by atoms with van der Waals surface area (Å²) < 4.78 is 21.2. The molecule has 5 aromatic rings. The van der Waals surface area contributed by atoms with Gasteiger partial charge in [0.2, 0.25) is 11.9 Å². The van der Waals surface area contributed by atoms with Crippen LogP contribution in [0.4, 0.5) is 20.9 Å². The van der Waals surface area contributed by atoms with Gasteiger partial charge in [-0.2, -0.15) is 13.9 Å². The second-order valence-corrected chi connectivity index (χ2v) is 10.9. The topological polar surface area (TPSA) is 118 Å². The molecule has 1 atom stereocenters. The zero-order valence-corrected chi connectivity index (χ0v) is 24.3. The Morgan fingerprint density at radius 3 is 2.78 bits per heavy atom. The van der Waals surface area contributed by atoms with E-state index in [1.165, 1.54) is 34.5 Å². The molecular formula is C28H33FN10OS. The molecule has 0 aliphatic carbocycles. The Morgan fingerprint density at radius 2 is 2.02 bits per heavy atom. The van der Waals surface area contributed by atoms with E-state index in [9.17, 15) is 9.18 Å². The summed E-state index contributed by atoms with van der Waals surface area (Å²) in [6, 6.07) is 4.72. The lowest BCUT2D eigenvalue weighted by Crippen LogP contribution is -2.27. The molecule has 1 amide bonds. The molecule has 5 aromatic heterocycles. The van der Waals surface area contributed by atoms with Crippen molar-refractivity contribution in [1.29, 1.82) is 0 Å². The maximum Gasteiger partial charge on any atom is 0.246 e. The maximum absolute atomic E-state index is 13.0. The zero-order chi connectivity index (χ0) is 28.9. The number of fused-ring (bicyclic) bond motifs is 1. The number of halogens is 1. The van der Waals surface area contributed by atoms with Gasteiger partial charge in [-0.1, -0.05) is 27.2 Å². The monoisotopic (exact) mass is 576 g/mol. The van der Waals surface area contributed by atoms with Gasteiger partial charge in [0.25, 0.3) is 0 Å². The van der Waals surface area contributed by atoms with Gasteiger partial charge in [0, 0.05) is 31.0 Å². The first kappa shape index (κ1) is 28.3. The minimum Gasteiger partial charge on any atom is -0.328 e. The number of carbonyl (C=O) groups excluding carboxylic acids is 1. The number of carbonyl (C=O) groups is 1. The third-order valence-electron chi connectivity index (χ3n) is 6.76. The van der Waals surface area contributed by atoms with Crippen LogP contribution in [0, 0.1) is 18.8 Å². The summed E-state index contributed by atoms with van der Waals surface area (Å²) in [5, 5.41) is 11.3. The van der Waals surface area contributed by atoms with Crippen molar-refractivity contribution >= 4 is 39.6 Å². The van der Waals surface area contributed by atoms with Crippen molar-refractivity contribution in [3.05, 3.63) is 66.5 Å². The van der Waals surface area contributed by atoms with Gasteiger partial charge in [0.15, 0.2) is 11.5 Å². The van der Waals surface area contributed by atoms with Crippen LogP contribution in [0.15, 0.2) is 49.2 Å². The number of hydrogen-bond acceptors (Lipinski definition) is 9. The molecule has 13 heteroatoms. The Labute approximate surface area is 241 Å². The molecular weight excluding hydrogens is 543 g/mol. The molecule has 1 unspecified atom stereocenters. The lowest BCUT2D eigenvalue weighted by molar-refractivity contribution is -0.116. The summed E-state index contributed by atoms with van der Waals surface area (Å²) in [6.07, 6.45) is 9.58. The van der Waals surface area contributed by atoms with E-state index in [0.717, 1.165) is 53.7 Å². The van der Waals surface area contributed by atoms with E-state index < -0.39 is 5.95 Å². The summed E-state index contributed by atoms with van der Waals surface area (Å²) in [4.78, 5) is 27.7. The Balaban J connectivity index is 1.30. The summed E-state index contributed by atoms with van der Waals surface area (Å²) in [5.74, 6) is 0.375. The lowest BCUT2D eigenvalue weighted by Gasteiger charge is -2.22. The summed E-state index contributed by atoms with van der Waals surface area (Å²) in [5.41, 5.74) is 4.54. The first-order valence-corrected chi connectivity index (χ1v) is 14.3. The third kappa shape index (κ3) is 6.92. The molecule has 0 bridgehead atoms. The van der Waals surface area contributed by atoms with Gasteiger partial charge in [0.1, 0.15) is 11.5 Å². The van der Waals surface area contributed by atoms with Crippen molar-refractivity contribution in [3.63, 3.8) is 0 Å². The minimum atomic E-state index is -0.607. The number of aromatic nitrogens is 7. The number of rotatable bonds is 12. The number of amides is 1. The van der Waals surface area contributed by atoms with Crippen molar-refractivity contribution in [3.8, 4) is 11.3 Å². The number of imidazole rings is 1. The minimum absolute atomic E-state index is 0.0119. The van der Waals surface area contributed by atoms with Crippen molar-refractivity contribution in [2.75, 3.05) is 23.7 Å². The van der Waals surface area contributed by atoms with Crippen LogP contribution in [0.25, 0.3) is 16.9 Å². The van der Waals surface area contributed by atoms with E-state index >= 15 is 0 Å². The predicted octanol–water partition coefficient (Wildman–Crippen LogP) is 5.14. The molecule has 5 rings (SSSR count). The molecule has 0 radical (unpaired) electrons. The van der Waals surface area contributed by atoms with Crippen molar-refractivity contribution in [2.24, 2.45) is 5.92 Å². The normalized spacial score (nSPS) is 12.2. The highest BCUT2D eigenvalue weighted by molar-refractivity contribution is 7.10. The summed E-state index contributed by atoms with van der Waals surface area (Å²) >= 11 is 1.41. The van der Waals surface area contributed by atoms with Crippen LogP contribution in [0.1, 0.15) is 38.6 Å². The van der Waals surface area contributed by atoms with Gasteiger partial charge in [-0.3, -0.25) is 18.8 Å². The number of hydrogen-bond donors (Lipinski definition) is 2. The second kappa shape index (κ2) is 12.5. The zero-order valence-electron chi connectivity index (χ0n) is 23.5. The number of nitrogens with zero attached hydrogens (tertiary/aromatic N) is 8. The SMILES string of the molecule is CCC(C)CN(CC)Cc1cc(Nc2nc(C)cn3c(-c4cnn(CC(=O)Nc5ccc(F)nc5)c4)cnc23)sn1. The van der Waals surface area contributed by atoms with Gasteiger partial charge in [-0.15, -0.1) is 0 Å². The summed E-state index contributed by atoms with van der Waals surface area (Å²) in [7, 11) is 0. The quantitative estimate of drug-likeness (QED) is 0.196. The van der Waals surface area contributed by atoms with Crippen LogP contribution in [0.5, 0.6) is 0 Å². The highest BCUT2D eigenvalue weighted by Gasteiger charge is 2.16. The van der Waals surface area contributed by atoms with Crippen molar-refractivity contribution in [2.45, 2.75) is 47.2 Å². The number of aryl methyl sites for hydroxylation is 1. The van der Waals surface area contributed by atoms with Gasteiger partial charge in [-0.05, 0) is 49.1 Å². The van der Waals surface area contributed by atoms with Gasteiger partial charge < -0.3 is 10.6 Å². The average Bonchev–Trinajstić information content (AvgIpc) is 3.69. The molecule has 5 heterocycles. The Kier molecular flexibility index (Phi) is 8.64. The maximum atomic E-state index is 13.0. The molecule has 214 valence electrons. The lowest BCUT2D eigenvalue weighted by atomic mass is 10.1. The fraction of sp³-hybridized carbons (Fsp3) is 0.357. The number of nitrogens with one attached hydrogen (secondary N) is 2. The predicted molar refractivity (Wildman–Crippen MR) is 158 cm³/mol. The second-order valence-electron chi connectivity index (χ2n) is 10.1. The average molecular weight is 577 g/mol. The van der Waals surface area contributed by atoms with Crippen LogP contribution < -0.4 is 10.6 Å². The van der Waals surface area contributed by atoms with Crippen LogP contribution in [0.2, 0.25) is 0 Å². The molecule has 0 aliphatic heterocycles. The molecule has 41 heavy (non-hydrogen) atoms. The molecule has 0 aromatic carbocycles. The number of anilines is 3. The van der Waals surface area contributed by atoms with Crippen LogP contribution in [-0.2, 0) is 17.9 Å². The van der Waals surface area contributed by atoms with E-state index in [1.807, 2.05) is 17.5 Å². The van der Waals surface area contributed by atoms with Crippen molar-refractivity contribution in [1.82, 2.24) is 38.4 Å². The van der Waals surface area contributed by atoms with Crippen LogP contribution >= 0.6 is 11.5 Å². The molecule has 11 nitrogen and oxygen atoms in total. The Morgan fingerprint density at radius 1 is 1.17 bits per heavy atom. The molecule has 0 saturated heterocycles. The fourth-order valence-electron chi connectivity index (χ4n) is 4.45. The van der Waals surface area contributed by atoms with Gasteiger partial charge in [-0.25, -0.2) is 15.0 Å². The number of pyridine rings is 1. The van der Waals surface area contributed by atoms with E-state index in [2.05, 4.69) is 61.8 Å². The van der Waals surface area contributed by atoms with E-state index in [1.54, 1.807) is 18.6 Å². The van der Waals surface area contributed by atoms with Crippen molar-refractivity contribution < 1.29 is 9.18 Å². The fourth-order valence-corrected chi connectivity index (χ4v) is 5.11. The standard InChI is InChI=1S/C28H33FN10OS/c1-5-18(3)13-37(6-2)16-22-9-26(41-36-22)35-27-28-31-12-23(39(28)14-19(4)33-27)20-10-32-38(15-20)17-25(40)34-21-7-8-24(29)30-11-21/h7-12,14-15,18H,5-6,13,16-17H2,1-4H3,(H,33,35)(H,34,40). The van der Waals surface area contributed by atoms with E-state index in [-0.39, 0.29) is 12.5 Å². The first-order chi connectivity index (χ1) is 19.8. The molecule has 2 N–H and O–H groups in total. The van der Waals surface area contributed by atoms with E-state index in [4.69, 9.17) is 4.98 Å². The highest BCUT2D eigenvalue weighted by atomic mass is 32.1. The largest absolute Gasteiger partial charge is 0.328 e. The molecule has 0 fully saturated rings.